The van der Waals surface area contributed by atoms with E-state index in [1.54, 1.807) is 0 Å². The highest BCUT2D eigenvalue weighted by Crippen LogP contribution is 2.23. The van der Waals surface area contributed by atoms with Gasteiger partial charge in [0.2, 0.25) is 29.7 Å². The van der Waals surface area contributed by atoms with Gasteiger partial charge >= 0.3 is 0 Å². The van der Waals surface area contributed by atoms with Crippen LogP contribution in [0.25, 0.3) is 0 Å². The Morgan fingerprint density at radius 1 is 1.12 bits per heavy atom. The van der Waals surface area contributed by atoms with Gasteiger partial charge in [-0.2, -0.15) is 15.0 Å². The second kappa shape index (κ2) is 10.7. The van der Waals surface area contributed by atoms with Gasteiger partial charge in [0.1, 0.15) is 6.04 Å². The summed E-state index contributed by atoms with van der Waals surface area (Å²) in [5.41, 5.74) is 6.39. The van der Waals surface area contributed by atoms with E-state index < -0.39 is 6.04 Å². The predicted octanol–water partition coefficient (Wildman–Crippen LogP) is 1.92. The maximum Gasteiger partial charge on any atom is 0.242 e. The molecular weight excluding hydrogens is 444 g/mol. The van der Waals surface area contributed by atoms with Crippen molar-refractivity contribution in [2.75, 3.05) is 35.2 Å². The SMILES string of the molecule is NC(=O)C1CCN(c2nc(NCc3ccccc3Cl)nc(NC3CCCCNC3=O)n2)CC1. The number of nitrogens with two attached hydrogens (primary N) is 1. The zero-order chi connectivity index (χ0) is 23.2. The van der Waals surface area contributed by atoms with Crippen LogP contribution in [0.1, 0.15) is 37.7 Å². The first-order chi connectivity index (χ1) is 16.0. The van der Waals surface area contributed by atoms with Gasteiger partial charge in [-0.3, -0.25) is 9.59 Å². The second-order valence-corrected chi connectivity index (χ2v) is 8.78. The molecule has 0 bridgehead atoms. The molecule has 1 aromatic carbocycles. The summed E-state index contributed by atoms with van der Waals surface area (Å²) in [5, 5.41) is 9.98. The fourth-order valence-corrected chi connectivity index (χ4v) is 4.27. The lowest BCUT2D eigenvalue weighted by Gasteiger charge is -2.30. The topological polar surface area (TPSA) is 138 Å². The van der Waals surface area contributed by atoms with Gasteiger partial charge in [0, 0.05) is 37.1 Å². The first kappa shape index (κ1) is 23.0. The molecule has 4 rings (SSSR count). The Hall–Kier alpha value is -3.14. The Bertz CT molecular complexity index is 996. The van der Waals surface area contributed by atoms with Gasteiger partial charge in [-0.25, -0.2) is 0 Å². The van der Waals surface area contributed by atoms with E-state index in [9.17, 15) is 9.59 Å². The second-order valence-electron chi connectivity index (χ2n) is 8.38. The number of halogens is 1. The Morgan fingerprint density at radius 2 is 1.88 bits per heavy atom. The zero-order valence-corrected chi connectivity index (χ0v) is 19.1. The molecule has 1 aromatic heterocycles. The van der Waals surface area contributed by atoms with Gasteiger partial charge in [-0.15, -0.1) is 0 Å². The number of piperidine rings is 1. The lowest BCUT2D eigenvalue weighted by molar-refractivity contribution is -0.122. The van der Waals surface area contributed by atoms with E-state index in [0.29, 0.717) is 68.3 Å². The molecule has 1 unspecified atom stereocenters. The average Bonchev–Trinajstić information content (AvgIpc) is 3.02. The molecule has 0 saturated carbocycles. The number of benzene rings is 1. The molecule has 0 spiro atoms. The summed E-state index contributed by atoms with van der Waals surface area (Å²) >= 11 is 6.28. The van der Waals surface area contributed by atoms with Crippen molar-refractivity contribution in [3.8, 4) is 0 Å². The summed E-state index contributed by atoms with van der Waals surface area (Å²) < 4.78 is 0. The van der Waals surface area contributed by atoms with Crippen molar-refractivity contribution in [1.82, 2.24) is 20.3 Å². The normalized spacial score (nSPS) is 19.5. The van der Waals surface area contributed by atoms with Crippen LogP contribution < -0.4 is 26.6 Å². The molecule has 2 fully saturated rings. The van der Waals surface area contributed by atoms with Crippen LogP contribution in [0.15, 0.2) is 24.3 Å². The molecule has 2 aliphatic rings. The van der Waals surface area contributed by atoms with Crippen molar-refractivity contribution in [2.24, 2.45) is 11.7 Å². The molecule has 2 amide bonds. The van der Waals surface area contributed by atoms with Crippen LogP contribution >= 0.6 is 11.6 Å². The van der Waals surface area contributed by atoms with Crippen LogP contribution in [-0.2, 0) is 16.1 Å². The van der Waals surface area contributed by atoms with Crippen molar-refractivity contribution < 1.29 is 9.59 Å². The van der Waals surface area contributed by atoms with E-state index in [4.69, 9.17) is 17.3 Å². The summed E-state index contributed by atoms with van der Waals surface area (Å²) in [6.07, 6.45) is 3.89. The molecule has 1 atom stereocenters. The van der Waals surface area contributed by atoms with Gasteiger partial charge in [0.25, 0.3) is 0 Å². The van der Waals surface area contributed by atoms with E-state index in [-0.39, 0.29) is 17.7 Å². The summed E-state index contributed by atoms with van der Waals surface area (Å²) in [7, 11) is 0. The van der Waals surface area contributed by atoms with E-state index in [1.165, 1.54) is 0 Å². The third-order valence-electron chi connectivity index (χ3n) is 6.04. The molecule has 2 saturated heterocycles. The summed E-state index contributed by atoms with van der Waals surface area (Å²) in [4.78, 5) is 39.6. The minimum Gasteiger partial charge on any atom is -0.369 e. The number of carbonyl (C=O) groups excluding carboxylic acids is 2. The highest BCUT2D eigenvalue weighted by molar-refractivity contribution is 6.31. The Labute approximate surface area is 197 Å². The third-order valence-corrected chi connectivity index (χ3v) is 6.41. The number of aromatic nitrogens is 3. The minimum absolute atomic E-state index is 0.0534. The summed E-state index contributed by atoms with van der Waals surface area (Å²) in [5.74, 6) is 0.755. The van der Waals surface area contributed by atoms with Crippen LogP contribution in [0, 0.1) is 5.92 Å². The molecule has 11 heteroatoms. The standard InChI is InChI=1S/C22H29ClN8O2/c23-16-6-2-1-5-15(16)13-26-20-28-21(27-17-7-3-4-10-25-19(17)33)30-22(29-20)31-11-8-14(9-12-31)18(24)32/h1-2,5-6,14,17H,3-4,7-13H2,(H2,24,32)(H,25,33)(H2,26,27,28,29,30). The Morgan fingerprint density at radius 3 is 2.64 bits per heavy atom. The molecule has 2 aromatic rings. The third kappa shape index (κ3) is 6.01. The average molecular weight is 473 g/mol. The zero-order valence-electron chi connectivity index (χ0n) is 18.4. The van der Waals surface area contributed by atoms with Crippen LogP contribution in [0.4, 0.5) is 17.8 Å². The van der Waals surface area contributed by atoms with Gasteiger partial charge in [0.05, 0.1) is 0 Å². The van der Waals surface area contributed by atoms with Gasteiger partial charge in [-0.1, -0.05) is 29.8 Å². The number of hydrogen-bond acceptors (Lipinski definition) is 8. The van der Waals surface area contributed by atoms with E-state index in [2.05, 4.69) is 30.9 Å². The number of hydrogen-bond donors (Lipinski definition) is 4. The highest BCUT2D eigenvalue weighted by Gasteiger charge is 2.26. The molecule has 176 valence electrons. The number of rotatable bonds is 7. The molecule has 2 aliphatic heterocycles. The highest BCUT2D eigenvalue weighted by atomic mass is 35.5. The van der Waals surface area contributed by atoms with Crippen molar-refractivity contribution in [1.29, 1.82) is 0 Å². The first-order valence-corrected chi connectivity index (χ1v) is 11.7. The van der Waals surface area contributed by atoms with Crippen molar-refractivity contribution in [3.63, 3.8) is 0 Å². The quantitative estimate of drug-likeness (QED) is 0.479. The van der Waals surface area contributed by atoms with E-state index >= 15 is 0 Å². The molecule has 33 heavy (non-hydrogen) atoms. The predicted molar refractivity (Wildman–Crippen MR) is 127 cm³/mol. The van der Waals surface area contributed by atoms with Crippen LogP contribution in [-0.4, -0.2) is 52.4 Å². The molecule has 10 nitrogen and oxygen atoms in total. The van der Waals surface area contributed by atoms with Crippen molar-refractivity contribution in [2.45, 2.75) is 44.7 Å². The Balaban J connectivity index is 1.55. The van der Waals surface area contributed by atoms with E-state index in [0.717, 1.165) is 18.4 Å². The number of nitrogens with zero attached hydrogens (tertiary/aromatic N) is 4. The molecule has 0 aliphatic carbocycles. The van der Waals surface area contributed by atoms with Crippen LogP contribution in [0.3, 0.4) is 0 Å². The number of nitrogens with one attached hydrogen (secondary N) is 3. The maximum atomic E-state index is 12.4. The number of carbonyl (C=O) groups is 2. The lowest BCUT2D eigenvalue weighted by Crippen LogP contribution is -2.40. The fourth-order valence-electron chi connectivity index (χ4n) is 4.06. The van der Waals surface area contributed by atoms with Crippen LogP contribution in [0.5, 0.6) is 0 Å². The number of anilines is 3. The monoisotopic (exact) mass is 472 g/mol. The van der Waals surface area contributed by atoms with Gasteiger partial charge in [-0.05, 0) is 43.7 Å². The van der Waals surface area contributed by atoms with Gasteiger partial charge < -0.3 is 26.6 Å². The Kier molecular flexibility index (Phi) is 7.43. The van der Waals surface area contributed by atoms with Crippen molar-refractivity contribution >= 4 is 41.3 Å². The largest absolute Gasteiger partial charge is 0.369 e. The minimum atomic E-state index is -0.403. The number of primary amides is 1. The summed E-state index contributed by atoms with van der Waals surface area (Å²) in [6, 6.07) is 7.16. The summed E-state index contributed by atoms with van der Waals surface area (Å²) in [6.45, 7) is 2.35. The molecular formula is C22H29ClN8O2. The lowest BCUT2D eigenvalue weighted by atomic mass is 9.96. The number of amides is 2. The van der Waals surface area contributed by atoms with Gasteiger partial charge in [0.15, 0.2) is 0 Å². The smallest absolute Gasteiger partial charge is 0.242 e. The molecule has 3 heterocycles. The maximum absolute atomic E-state index is 12.4. The fraction of sp³-hybridized carbons (Fsp3) is 0.500. The van der Waals surface area contributed by atoms with Crippen molar-refractivity contribution in [3.05, 3.63) is 34.9 Å². The molecule has 5 N–H and O–H groups in total. The first-order valence-electron chi connectivity index (χ1n) is 11.3. The van der Waals surface area contributed by atoms with E-state index in [1.807, 2.05) is 29.2 Å². The van der Waals surface area contributed by atoms with Crippen LogP contribution in [0.2, 0.25) is 5.02 Å². The molecule has 0 radical (unpaired) electrons.